The zero-order chi connectivity index (χ0) is 10.8. The van der Waals surface area contributed by atoms with Crippen molar-refractivity contribution in [1.29, 1.82) is 0 Å². The number of anilines is 1. The van der Waals surface area contributed by atoms with E-state index < -0.39 is 6.61 Å². The van der Waals surface area contributed by atoms with Crippen LogP contribution in [-0.4, -0.2) is 6.61 Å². The van der Waals surface area contributed by atoms with E-state index in [-0.39, 0.29) is 11.4 Å². The molecule has 0 saturated carbocycles. The zero-order valence-corrected chi connectivity index (χ0v) is 7.78. The predicted molar refractivity (Wildman–Crippen MR) is 55.0 cm³/mol. The molecule has 2 N–H and O–H groups in total. The third kappa shape index (κ3) is 1.83. The van der Waals surface area contributed by atoms with Gasteiger partial charge in [-0.1, -0.05) is 30.3 Å². The number of rotatable bonds is 2. The van der Waals surface area contributed by atoms with E-state index in [9.17, 15) is 8.78 Å². The molecule has 4 heteroatoms. The fourth-order valence-corrected chi connectivity index (χ4v) is 1.48. The van der Waals surface area contributed by atoms with Crippen molar-refractivity contribution in [1.82, 2.24) is 0 Å². The van der Waals surface area contributed by atoms with Crippen LogP contribution in [0.4, 0.5) is 14.5 Å². The molecule has 78 valence electrons. The van der Waals surface area contributed by atoms with Gasteiger partial charge in [-0.3, -0.25) is 0 Å². The minimum atomic E-state index is -2.86. The van der Waals surface area contributed by atoms with E-state index in [0.29, 0.717) is 5.39 Å². The molecule has 0 unspecified atom stereocenters. The van der Waals surface area contributed by atoms with E-state index in [1.165, 1.54) is 0 Å². The van der Waals surface area contributed by atoms with Crippen LogP contribution in [0.25, 0.3) is 10.8 Å². The summed E-state index contributed by atoms with van der Waals surface area (Å²) in [6, 6.07) is 10.4. The molecule has 0 radical (unpaired) electrons. The molecular weight excluding hydrogens is 200 g/mol. The lowest BCUT2D eigenvalue weighted by Gasteiger charge is -2.10. The van der Waals surface area contributed by atoms with Crippen LogP contribution in [0.15, 0.2) is 36.4 Å². The lowest BCUT2D eigenvalue weighted by Crippen LogP contribution is -2.04. The molecule has 0 bridgehead atoms. The van der Waals surface area contributed by atoms with Crippen LogP contribution >= 0.6 is 0 Å². The van der Waals surface area contributed by atoms with Gasteiger partial charge in [0.25, 0.3) is 0 Å². The highest BCUT2D eigenvalue weighted by atomic mass is 19.3. The molecule has 2 aromatic rings. The van der Waals surface area contributed by atoms with Crippen molar-refractivity contribution in [2.45, 2.75) is 6.61 Å². The van der Waals surface area contributed by atoms with Gasteiger partial charge in [0.1, 0.15) is 0 Å². The molecule has 2 nitrogen and oxygen atoms in total. The highest BCUT2D eigenvalue weighted by molar-refractivity contribution is 5.92. The molecule has 2 rings (SSSR count). The molecule has 0 aliphatic heterocycles. The fraction of sp³-hybridized carbons (Fsp3) is 0.0909. The van der Waals surface area contributed by atoms with Crippen LogP contribution in [0.5, 0.6) is 5.75 Å². The SMILES string of the molecule is Nc1ccc2ccccc2c1OC(F)F. The number of nitrogens with two attached hydrogens (primary N) is 1. The van der Waals surface area contributed by atoms with Gasteiger partial charge in [0.15, 0.2) is 5.75 Å². The third-order valence-electron chi connectivity index (χ3n) is 2.12. The molecule has 0 amide bonds. The van der Waals surface area contributed by atoms with Crippen LogP contribution < -0.4 is 10.5 Å². The summed E-state index contributed by atoms with van der Waals surface area (Å²) in [5.41, 5.74) is 5.79. The number of halogens is 2. The van der Waals surface area contributed by atoms with Crippen LogP contribution in [0.1, 0.15) is 0 Å². The number of benzene rings is 2. The van der Waals surface area contributed by atoms with Gasteiger partial charge in [0, 0.05) is 5.39 Å². The van der Waals surface area contributed by atoms with E-state index >= 15 is 0 Å². The van der Waals surface area contributed by atoms with Gasteiger partial charge < -0.3 is 10.5 Å². The second-order valence-electron chi connectivity index (χ2n) is 3.08. The Balaban J connectivity index is 2.63. The number of alkyl halides is 2. The van der Waals surface area contributed by atoms with E-state index in [4.69, 9.17) is 5.73 Å². The van der Waals surface area contributed by atoms with Gasteiger partial charge in [-0.05, 0) is 11.5 Å². The first-order valence-corrected chi connectivity index (χ1v) is 4.40. The summed E-state index contributed by atoms with van der Waals surface area (Å²) in [6.45, 7) is -2.86. The summed E-state index contributed by atoms with van der Waals surface area (Å²) in [7, 11) is 0. The molecule has 0 heterocycles. The van der Waals surface area contributed by atoms with E-state index in [2.05, 4.69) is 4.74 Å². The molecule has 0 saturated heterocycles. The van der Waals surface area contributed by atoms with Crippen LogP contribution in [0.3, 0.4) is 0 Å². The van der Waals surface area contributed by atoms with Crippen molar-refractivity contribution >= 4 is 16.5 Å². The van der Waals surface area contributed by atoms with Gasteiger partial charge in [-0.15, -0.1) is 0 Å². The number of nitrogen functional groups attached to an aromatic ring is 1. The van der Waals surface area contributed by atoms with E-state index in [1.807, 2.05) is 12.1 Å². The Hall–Kier alpha value is -1.84. The Morgan fingerprint density at radius 3 is 2.53 bits per heavy atom. The maximum Gasteiger partial charge on any atom is 0.387 e. The molecule has 0 spiro atoms. The van der Waals surface area contributed by atoms with Crippen molar-refractivity contribution < 1.29 is 13.5 Å². The fourth-order valence-electron chi connectivity index (χ4n) is 1.48. The third-order valence-corrected chi connectivity index (χ3v) is 2.12. The number of hydrogen-bond donors (Lipinski definition) is 1. The maximum atomic E-state index is 12.2. The summed E-state index contributed by atoms with van der Waals surface area (Å²) in [4.78, 5) is 0. The molecule has 15 heavy (non-hydrogen) atoms. The minimum Gasteiger partial charge on any atom is -0.432 e. The lowest BCUT2D eigenvalue weighted by molar-refractivity contribution is -0.0482. The van der Waals surface area contributed by atoms with Gasteiger partial charge in [-0.2, -0.15) is 8.78 Å². The first-order chi connectivity index (χ1) is 7.18. The summed E-state index contributed by atoms with van der Waals surface area (Å²) >= 11 is 0. The van der Waals surface area contributed by atoms with Crippen LogP contribution in [0, 0.1) is 0 Å². The smallest absolute Gasteiger partial charge is 0.387 e. The topological polar surface area (TPSA) is 35.2 Å². The molecule has 0 aromatic heterocycles. The highest BCUT2D eigenvalue weighted by Gasteiger charge is 2.11. The summed E-state index contributed by atoms with van der Waals surface area (Å²) < 4.78 is 28.7. The van der Waals surface area contributed by atoms with E-state index in [1.54, 1.807) is 24.3 Å². The van der Waals surface area contributed by atoms with Crippen molar-refractivity contribution in [3.8, 4) is 5.75 Å². The number of fused-ring (bicyclic) bond motifs is 1. The largest absolute Gasteiger partial charge is 0.432 e. The Morgan fingerprint density at radius 2 is 1.80 bits per heavy atom. The molecule has 2 aromatic carbocycles. The van der Waals surface area contributed by atoms with Crippen LogP contribution in [-0.2, 0) is 0 Å². The van der Waals surface area contributed by atoms with Crippen LogP contribution in [0.2, 0.25) is 0 Å². The summed E-state index contributed by atoms with van der Waals surface area (Å²) in [5, 5.41) is 1.42. The van der Waals surface area contributed by atoms with Gasteiger partial charge in [0.2, 0.25) is 0 Å². The van der Waals surface area contributed by atoms with Gasteiger partial charge >= 0.3 is 6.61 Å². The molecular formula is C11H9F2NO. The number of ether oxygens (including phenoxy) is 1. The second-order valence-corrected chi connectivity index (χ2v) is 3.08. The lowest BCUT2D eigenvalue weighted by atomic mass is 10.1. The Labute approximate surface area is 85.3 Å². The Bertz CT molecular complexity index is 485. The molecule has 0 aliphatic carbocycles. The monoisotopic (exact) mass is 209 g/mol. The molecule has 0 fully saturated rings. The quantitative estimate of drug-likeness (QED) is 0.771. The molecule has 0 aliphatic rings. The van der Waals surface area contributed by atoms with Crippen molar-refractivity contribution in [2.75, 3.05) is 5.73 Å². The van der Waals surface area contributed by atoms with Crippen molar-refractivity contribution in [3.05, 3.63) is 36.4 Å². The Kier molecular flexibility index (Phi) is 2.41. The van der Waals surface area contributed by atoms with Crippen molar-refractivity contribution in [3.63, 3.8) is 0 Å². The van der Waals surface area contributed by atoms with Crippen molar-refractivity contribution in [2.24, 2.45) is 0 Å². The number of hydrogen-bond acceptors (Lipinski definition) is 2. The summed E-state index contributed by atoms with van der Waals surface area (Å²) in [5.74, 6) is 0.0445. The first kappa shape index (κ1) is 9.71. The highest BCUT2D eigenvalue weighted by Crippen LogP contribution is 2.32. The standard InChI is InChI=1S/C11H9F2NO/c12-11(13)15-10-8-4-2-1-3-7(8)5-6-9(10)14/h1-6,11H,14H2. The predicted octanol–water partition coefficient (Wildman–Crippen LogP) is 3.02. The Morgan fingerprint density at radius 1 is 1.07 bits per heavy atom. The maximum absolute atomic E-state index is 12.2. The first-order valence-electron chi connectivity index (χ1n) is 4.40. The average Bonchev–Trinajstić information content (AvgIpc) is 2.22. The zero-order valence-electron chi connectivity index (χ0n) is 7.78. The normalized spacial score (nSPS) is 10.9. The van der Waals surface area contributed by atoms with E-state index in [0.717, 1.165) is 5.39 Å². The molecule has 0 atom stereocenters. The minimum absolute atomic E-state index is 0.0445. The van der Waals surface area contributed by atoms with Gasteiger partial charge in [-0.25, -0.2) is 0 Å². The average molecular weight is 209 g/mol. The van der Waals surface area contributed by atoms with Gasteiger partial charge in [0.05, 0.1) is 5.69 Å². The summed E-state index contributed by atoms with van der Waals surface area (Å²) in [6.07, 6.45) is 0. The second kappa shape index (κ2) is 3.73.